The first kappa shape index (κ1) is 12.2. The lowest BCUT2D eigenvalue weighted by Gasteiger charge is -2.07. The number of thiophene rings is 1. The van der Waals surface area contributed by atoms with Gasteiger partial charge in [0.05, 0.1) is 5.39 Å². The zero-order chi connectivity index (χ0) is 13.2. The maximum Gasteiger partial charge on any atom is 0.225 e. The van der Waals surface area contributed by atoms with Gasteiger partial charge in [-0.15, -0.1) is 11.3 Å². The van der Waals surface area contributed by atoms with E-state index in [0.717, 1.165) is 21.6 Å². The first-order valence-corrected chi connectivity index (χ1v) is 6.90. The van der Waals surface area contributed by atoms with Crippen molar-refractivity contribution in [3.05, 3.63) is 46.6 Å². The van der Waals surface area contributed by atoms with E-state index in [1.807, 2.05) is 23.6 Å². The van der Waals surface area contributed by atoms with Gasteiger partial charge >= 0.3 is 0 Å². The van der Waals surface area contributed by atoms with Crippen molar-refractivity contribution in [2.24, 2.45) is 0 Å². The van der Waals surface area contributed by atoms with Gasteiger partial charge in [-0.2, -0.15) is 0 Å². The third kappa shape index (κ3) is 2.62. The van der Waals surface area contributed by atoms with Crippen molar-refractivity contribution < 1.29 is 5.11 Å². The van der Waals surface area contributed by atoms with Gasteiger partial charge in [0, 0.05) is 6.54 Å². The second-order valence-corrected chi connectivity index (χ2v) is 5.23. The summed E-state index contributed by atoms with van der Waals surface area (Å²) in [6.07, 6.45) is 0. The fourth-order valence-corrected chi connectivity index (χ4v) is 2.75. The Bertz CT molecular complexity index is 711. The van der Waals surface area contributed by atoms with E-state index in [-0.39, 0.29) is 11.0 Å². The van der Waals surface area contributed by atoms with Gasteiger partial charge in [0.1, 0.15) is 16.4 Å². The summed E-state index contributed by atoms with van der Waals surface area (Å²) in [4.78, 5) is 9.24. The first-order chi connectivity index (χ1) is 9.22. The van der Waals surface area contributed by atoms with Gasteiger partial charge in [-0.05, 0) is 40.7 Å². The van der Waals surface area contributed by atoms with Gasteiger partial charge in [0.15, 0.2) is 0 Å². The van der Waals surface area contributed by atoms with Crippen LogP contribution < -0.4 is 5.32 Å². The van der Waals surface area contributed by atoms with E-state index < -0.39 is 0 Å². The molecule has 0 aliphatic rings. The van der Waals surface area contributed by atoms with Crippen LogP contribution >= 0.6 is 22.9 Å². The van der Waals surface area contributed by atoms with Crippen LogP contribution in [0, 0.1) is 0 Å². The Kier molecular flexibility index (Phi) is 3.23. The number of fused-ring (bicyclic) bond motifs is 1. The molecule has 6 heteroatoms. The molecule has 0 radical (unpaired) electrons. The van der Waals surface area contributed by atoms with Gasteiger partial charge in [-0.3, -0.25) is 0 Å². The highest BCUT2D eigenvalue weighted by atomic mass is 35.5. The van der Waals surface area contributed by atoms with Crippen molar-refractivity contribution in [3.8, 4) is 5.75 Å². The maximum atomic E-state index is 9.23. The average molecular weight is 292 g/mol. The van der Waals surface area contributed by atoms with Crippen LogP contribution in [0.3, 0.4) is 0 Å². The Morgan fingerprint density at radius 3 is 2.74 bits per heavy atom. The number of phenols is 1. The molecule has 3 rings (SSSR count). The molecular weight excluding hydrogens is 282 g/mol. The molecule has 3 aromatic rings. The summed E-state index contributed by atoms with van der Waals surface area (Å²) < 4.78 is 0. The Hall–Kier alpha value is -1.85. The zero-order valence-corrected chi connectivity index (χ0v) is 11.4. The van der Waals surface area contributed by atoms with Crippen molar-refractivity contribution in [3.63, 3.8) is 0 Å². The summed E-state index contributed by atoms with van der Waals surface area (Å²) in [5.74, 6) is 0.985. The molecule has 0 amide bonds. The van der Waals surface area contributed by atoms with Crippen molar-refractivity contribution in [1.82, 2.24) is 9.97 Å². The van der Waals surface area contributed by atoms with Crippen molar-refractivity contribution >= 4 is 39.0 Å². The number of hydrogen-bond acceptors (Lipinski definition) is 5. The van der Waals surface area contributed by atoms with Crippen LogP contribution in [0.5, 0.6) is 5.75 Å². The van der Waals surface area contributed by atoms with E-state index >= 15 is 0 Å². The summed E-state index contributed by atoms with van der Waals surface area (Å²) >= 11 is 7.43. The van der Waals surface area contributed by atoms with Crippen LogP contribution in [0.1, 0.15) is 5.56 Å². The van der Waals surface area contributed by atoms with Crippen LogP contribution in [0.4, 0.5) is 5.82 Å². The minimum absolute atomic E-state index is 0.239. The molecule has 2 N–H and O–H groups in total. The number of phenolic OH excluding ortho intramolecular Hbond substituents is 1. The molecule has 0 aliphatic heterocycles. The average Bonchev–Trinajstić information content (AvgIpc) is 2.85. The molecule has 0 fully saturated rings. The maximum absolute atomic E-state index is 9.23. The number of nitrogens with zero attached hydrogens (tertiary/aromatic N) is 2. The Morgan fingerprint density at radius 1 is 1.16 bits per heavy atom. The first-order valence-electron chi connectivity index (χ1n) is 5.65. The van der Waals surface area contributed by atoms with Gasteiger partial charge in [-0.1, -0.05) is 12.1 Å². The Balaban J connectivity index is 1.85. The van der Waals surface area contributed by atoms with E-state index in [1.165, 1.54) is 11.3 Å². The van der Waals surface area contributed by atoms with E-state index in [9.17, 15) is 5.11 Å². The molecule has 0 atom stereocenters. The van der Waals surface area contributed by atoms with Gasteiger partial charge in [0.25, 0.3) is 0 Å². The van der Waals surface area contributed by atoms with E-state index in [1.54, 1.807) is 12.1 Å². The molecular formula is C13H10ClN3OS. The predicted octanol–water partition coefficient (Wildman–Crippen LogP) is 3.66. The summed E-state index contributed by atoms with van der Waals surface area (Å²) in [7, 11) is 0. The SMILES string of the molecule is Oc1ccc(CNc2nc(Cl)nc3sccc23)cc1. The summed E-state index contributed by atoms with van der Waals surface area (Å²) in [5.41, 5.74) is 1.05. The predicted molar refractivity (Wildman–Crippen MR) is 77.9 cm³/mol. The number of aromatic nitrogens is 2. The molecule has 0 unspecified atom stereocenters. The molecule has 2 heterocycles. The second-order valence-electron chi connectivity index (χ2n) is 4.00. The van der Waals surface area contributed by atoms with Crippen LogP contribution in [0.2, 0.25) is 5.28 Å². The molecule has 0 aliphatic carbocycles. The lowest BCUT2D eigenvalue weighted by atomic mass is 10.2. The molecule has 2 aromatic heterocycles. The lowest BCUT2D eigenvalue weighted by molar-refractivity contribution is 0.475. The van der Waals surface area contributed by atoms with Crippen molar-refractivity contribution in [2.45, 2.75) is 6.54 Å². The number of benzene rings is 1. The molecule has 1 aromatic carbocycles. The molecule has 19 heavy (non-hydrogen) atoms. The van der Waals surface area contributed by atoms with Crippen LogP contribution in [0.25, 0.3) is 10.2 Å². The number of rotatable bonds is 3. The normalized spacial score (nSPS) is 10.8. The molecule has 0 saturated carbocycles. The molecule has 0 saturated heterocycles. The Labute approximate surface area is 118 Å². The summed E-state index contributed by atoms with van der Waals surface area (Å²) in [6.45, 7) is 0.610. The minimum Gasteiger partial charge on any atom is -0.508 e. The number of anilines is 1. The minimum atomic E-state index is 0.239. The standard InChI is InChI=1S/C13H10ClN3OS/c14-13-16-11(10-5-6-19-12(10)17-13)15-7-8-1-3-9(18)4-2-8/h1-6,18H,7H2,(H,15,16,17). The number of aromatic hydroxyl groups is 1. The van der Waals surface area contributed by atoms with Crippen molar-refractivity contribution in [1.29, 1.82) is 0 Å². The summed E-state index contributed by atoms with van der Waals surface area (Å²) in [5, 5.41) is 15.6. The van der Waals surface area contributed by atoms with Crippen LogP contribution in [-0.2, 0) is 6.54 Å². The zero-order valence-electron chi connectivity index (χ0n) is 9.80. The van der Waals surface area contributed by atoms with E-state index in [2.05, 4.69) is 15.3 Å². The third-order valence-corrected chi connectivity index (χ3v) is 3.67. The molecule has 96 valence electrons. The topological polar surface area (TPSA) is 58.0 Å². The van der Waals surface area contributed by atoms with Gasteiger partial charge in [-0.25, -0.2) is 9.97 Å². The second kappa shape index (κ2) is 5.03. The highest BCUT2D eigenvalue weighted by molar-refractivity contribution is 7.16. The quantitative estimate of drug-likeness (QED) is 0.723. The van der Waals surface area contributed by atoms with Gasteiger partial charge in [0.2, 0.25) is 5.28 Å². The highest BCUT2D eigenvalue weighted by Gasteiger charge is 2.07. The molecule has 0 bridgehead atoms. The van der Waals surface area contributed by atoms with E-state index in [0.29, 0.717) is 6.54 Å². The van der Waals surface area contributed by atoms with E-state index in [4.69, 9.17) is 11.6 Å². The fourth-order valence-electron chi connectivity index (χ4n) is 1.76. The molecule has 4 nitrogen and oxygen atoms in total. The number of halogens is 1. The summed E-state index contributed by atoms with van der Waals surface area (Å²) in [6, 6.07) is 9.00. The largest absolute Gasteiger partial charge is 0.508 e. The van der Waals surface area contributed by atoms with Crippen LogP contribution in [-0.4, -0.2) is 15.1 Å². The molecule has 0 spiro atoms. The number of nitrogens with one attached hydrogen (secondary N) is 1. The third-order valence-electron chi connectivity index (χ3n) is 2.69. The smallest absolute Gasteiger partial charge is 0.225 e. The van der Waals surface area contributed by atoms with Crippen LogP contribution in [0.15, 0.2) is 35.7 Å². The lowest BCUT2D eigenvalue weighted by Crippen LogP contribution is -2.02. The fraction of sp³-hybridized carbons (Fsp3) is 0.0769. The van der Waals surface area contributed by atoms with Gasteiger partial charge < -0.3 is 10.4 Å². The number of hydrogen-bond donors (Lipinski definition) is 2. The highest BCUT2D eigenvalue weighted by Crippen LogP contribution is 2.26. The monoisotopic (exact) mass is 291 g/mol. The Morgan fingerprint density at radius 2 is 1.95 bits per heavy atom. The van der Waals surface area contributed by atoms with Crippen molar-refractivity contribution in [2.75, 3.05) is 5.32 Å².